The number of halogens is 1. The van der Waals surface area contributed by atoms with E-state index in [1.165, 1.54) is 17.8 Å². The third-order valence-electron chi connectivity index (χ3n) is 4.42. The second-order valence-electron chi connectivity index (χ2n) is 5.91. The number of hydrogen-bond acceptors (Lipinski definition) is 2. The monoisotopic (exact) mass is 324 g/mol. The fraction of sp³-hybridized carbons (Fsp3) is 0.211. The van der Waals surface area contributed by atoms with Crippen molar-refractivity contribution in [2.45, 2.75) is 13.0 Å². The molecule has 0 fully saturated rings. The highest BCUT2D eigenvalue weighted by molar-refractivity contribution is 5.86. The van der Waals surface area contributed by atoms with Crippen molar-refractivity contribution in [1.29, 1.82) is 0 Å². The van der Waals surface area contributed by atoms with Gasteiger partial charge in [0.05, 0.1) is 0 Å². The summed E-state index contributed by atoms with van der Waals surface area (Å²) in [5.74, 6) is -0.479. The Balaban J connectivity index is 1.48. The van der Waals surface area contributed by atoms with Crippen LogP contribution in [-0.2, 0) is 17.8 Å². The van der Waals surface area contributed by atoms with Gasteiger partial charge in [0, 0.05) is 41.7 Å². The number of nitrogens with zero attached hydrogens (tertiary/aromatic N) is 1. The van der Waals surface area contributed by atoms with Gasteiger partial charge in [-0.25, -0.2) is 4.39 Å². The smallest absolute Gasteiger partial charge is 0.260 e. The molecule has 24 heavy (non-hydrogen) atoms. The molecule has 122 valence electrons. The van der Waals surface area contributed by atoms with Crippen molar-refractivity contribution in [3.8, 4) is 5.75 Å². The number of hydrogen-bond donors (Lipinski definition) is 1. The van der Waals surface area contributed by atoms with Crippen LogP contribution in [0.2, 0.25) is 0 Å². The van der Waals surface area contributed by atoms with E-state index in [0.29, 0.717) is 13.1 Å². The van der Waals surface area contributed by atoms with Crippen molar-refractivity contribution >= 4 is 16.8 Å². The quantitative estimate of drug-likeness (QED) is 0.804. The van der Waals surface area contributed by atoms with Gasteiger partial charge in [-0.05, 0) is 18.2 Å². The summed E-state index contributed by atoms with van der Waals surface area (Å²) in [6.45, 7) is 1.04. The van der Waals surface area contributed by atoms with Gasteiger partial charge in [0.25, 0.3) is 5.91 Å². The molecule has 4 rings (SSSR count). The molecule has 4 nitrogen and oxygen atoms in total. The molecule has 2 heterocycles. The van der Waals surface area contributed by atoms with Crippen LogP contribution < -0.4 is 4.74 Å². The van der Waals surface area contributed by atoms with E-state index in [1.807, 2.05) is 18.2 Å². The first-order chi connectivity index (χ1) is 11.7. The van der Waals surface area contributed by atoms with Crippen LogP contribution in [0.1, 0.15) is 11.3 Å². The Hall–Kier alpha value is -2.82. The molecule has 1 aliphatic rings. The molecule has 1 aliphatic heterocycles. The van der Waals surface area contributed by atoms with Crippen LogP contribution in [0, 0.1) is 5.82 Å². The zero-order valence-corrected chi connectivity index (χ0v) is 13.1. The summed E-state index contributed by atoms with van der Waals surface area (Å²) in [6.07, 6.45) is 0.787. The normalized spacial score (nSPS) is 13.8. The zero-order valence-electron chi connectivity index (χ0n) is 13.1. The number of aromatic nitrogens is 1. The molecule has 3 aromatic rings. The Morgan fingerprint density at radius 3 is 2.83 bits per heavy atom. The second-order valence-corrected chi connectivity index (χ2v) is 5.91. The number of nitrogens with one attached hydrogen (secondary N) is 1. The third kappa shape index (κ3) is 2.62. The van der Waals surface area contributed by atoms with E-state index >= 15 is 0 Å². The lowest BCUT2D eigenvalue weighted by Gasteiger charge is -2.27. The van der Waals surface area contributed by atoms with E-state index in [0.717, 1.165) is 22.9 Å². The van der Waals surface area contributed by atoms with Crippen LogP contribution in [0.15, 0.2) is 48.5 Å². The lowest BCUT2D eigenvalue weighted by molar-refractivity contribution is -0.134. The molecule has 5 heteroatoms. The van der Waals surface area contributed by atoms with Crippen LogP contribution in [0.4, 0.5) is 4.39 Å². The maximum atomic E-state index is 13.6. The van der Waals surface area contributed by atoms with Crippen molar-refractivity contribution in [3.63, 3.8) is 0 Å². The van der Waals surface area contributed by atoms with Crippen LogP contribution in [0.25, 0.3) is 10.9 Å². The maximum Gasteiger partial charge on any atom is 0.260 e. The number of H-pyrrole nitrogens is 1. The lowest BCUT2D eigenvalue weighted by atomic mass is 10.0. The van der Waals surface area contributed by atoms with Gasteiger partial charge >= 0.3 is 0 Å². The molecule has 0 bridgehead atoms. The molecule has 2 aromatic carbocycles. The number of ether oxygens (including phenoxy) is 1. The number of fused-ring (bicyclic) bond motifs is 3. The van der Waals surface area contributed by atoms with Gasteiger partial charge in [-0.3, -0.25) is 4.79 Å². The number of aromatic amines is 1. The number of rotatable bonds is 3. The van der Waals surface area contributed by atoms with Crippen molar-refractivity contribution in [2.75, 3.05) is 13.2 Å². The highest BCUT2D eigenvalue weighted by Gasteiger charge is 2.24. The topological polar surface area (TPSA) is 45.3 Å². The molecule has 0 radical (unpaired) electrons. The van der Waals surface area contributed by atoms with Crippen molar-refractivity contribution in [2.24, 2.45) is 0 Å². The SMILES string of the molecule is O=C(COc1ccccc1F)N1CCc2[nH]c3ccccc3c2C1. The van der Waals surface area contributed by atoms with Crippen LogP contribution in [-0.4, -0.2) is 28.9 Å². The molecule has 0 saturated heterocycles. The number of carbonyl (C=O) groups is 1. The Morgan fingerprint density at radius 2 is 1.96 bits per heavy atom. The van der Waals surface area contributed by atoms with Gasteiger partial charge in [0.15, 0.2) is 18.2 Å². The highest BCUT2D eigenvalue weighted by Crippen LogP contribution is 2.27. The van der Waals surface area contributed by atoms with Crippen LogP contribution >= 0.6 is 0 Å². The fourth-order valence-corrected chi connectivity index (χ4v) is 3.17. The summed E-state index contributed by atoms with van der Waals surface area (Å²) >= 11 is 0. The summed E-state index contributed by atoms with van der Waals surface area (Å²) in [4.78, 5) is 17.6. The van der Waals surface area contributed by atoms with Gasteiger partial charge in [0.1, 0.15) is 0 Å². The van der Waals surface area contributed by atoms with E-state index in [2.05, 4.69) is 11.1 Å². The van der Waals surface area contributed by atoms with E-state index in [-0.39, 0.29) is 18.3 Å². The Labute approximate surface area is 138 Å². The Kier molecular flexibility index (Phi) is 3.69. The van der Waals surface area contributed by atoms with Gasteiger partial charge < -0.3 is 14.6 Å². The van der Waals surface area contributed by atoms with Gasteiger partial charge in [-0.15, -0.1) is 0 Å². The fourth-order valence-electron chi connectivity index (χ4n) is 3.17. The summed E-state index contributed by atoms with van der Waals surface area (Å²) < 4.78 is 18.9. The number of carbonyl (C=O) groups excluding carboxylic acids is 1. The molecule has 1 N–H and O–H groups in total. The summed E-state index contributed by atoms with van der Waals surface area (Å²) in [6, 6.07) is 14.2. The van der Waals surface area contributed by atoms with Crippen LogP contribution in [0.5, 0.6) is 5.75 Å². The highest BCUT2D eigenvalue weighted by atomic mass is 19.1. The van der Waals surface area contributed by atoms with Gasteiger partial charge in [0.2, 0.25) is 0 Å². The molecule has 0 spiro atoms. The first-order valence-corrected chi connectivity index (χ1v) is 7.96. The minimum atomic E-state index is -0.456. The van der Waals surface area contributed by atoms with E-state index < -0.39 is 5.82 Å². The van der Waals surface area contributed by atoms with Gasteiger partial charge in [-0.2, -0.15) is 0 Å². The van der Waals surface area contributed by atoms with Gasteiger partial charge in [-0.1, -0.05) is 30.3 Å². The lowest BCUT2D eigenvalue weighted by Crippen LogP contribution is -2.38. The predicted octanol–water partition coefficient (Wildman–Crippen LogP) is 3.27. The average molecular weight is 324 g/mol. The molecule has 1 aromatic heterocycles. The van der Waals surface area contributed by atoms with Crippen LogP contribution in [0.3, 0.4) is 0 Å². The molecular formula is C19H17FN2O2. The van der Waals surface area contributed by atoms with Crippen molar-refractivity contribution in [3.05, 3.63) is 65.6 Å². The standard InChI is InChI=1S/C19H17FN2O2/c20-15-6-2-4-8-18(15)24-12-19(23)22-10-9-17-14(11-22)13-5-1-3-7-16(13)21-17/h1-8,21H,9-12H2. The number of benzene rings is 2. The first kappa shape index (κ1) is 14.8. The molecule has 0 atom stereocenters. The summed E-state index contributed by atoms with van der Waals surface area (Å²) in [5.41, 5.74) is 3.45. The first-order valence-electron chi connectivity index (χ1n) is 7.96. The number of para-hydroxylation sites is 2. The third-order valence-corrected chi connectivity index (χ3v) is 4.42. The zero-order chi connectivity index (χ0) is 16.5. The van der Waals surface area contributed by atoms with Crippen molar-refractivity contribution in [1.82, 2.24) is 9.88 Å². The second kappa shape index (κ2) is 6.00. The number of amides is 1. The molecule has 0 aliphatic carbocycles. The van der Waals surface area contributed by atoms with E-state index in [4.69, 9.17) is 4.74 Å². The predicted molar refractivity (Wildman–Crippen MR) is 89.3 cm³/mol. The Morgan fingerprint density at radius 1 is 1.17 bits per heavy atom. The van der Waals surface area contributed by atoms with Crippen molar-refractivity contribution < 1.29 is 13.9 Å². The minimum absolute atomic E-state index is 0.107. The van der Waals surface area contributed by atoms with E-state index in [1.54, 1.807) is 17.0 Å². The minimum Gasteiger partial charge on any atom is -0.481 e. The van der Waals surface area contributed by atoms with E-state index in [9.17, 15) is 9.18 Å². The summed E-state index contributed by atoms with van der Waals surface area (Å²) in [7, 11) is 0. The largest absolute Gasteiger partial charge is 0.481 e. The maximum absolute atomic E-state index is 13.6. The summed E-state index contributed by atoms with van der Waals surface area (Å²) in [5, 5.41) is 1.15. The molecule has 0 unspecified atom stereocenters. The average Bonchev–Trinajstić information content (AvgIpc) is 2.98. The Bertz CT molecular complexity index is 903. The molecular weight excluding hydrogens is 307 g/mol. The molecule has 0 saturated carbocycles. The molecule has 1 amide bonds.